The summed E-state index contributed by atoms with van der Waals surface area (Å²) in [7, 11) is 4.27. The first-order valence-corrected chi connectivity index (χ1v) is 18.6. The maximum Gasteiger partial charge on any atom is 0.332 e. The number of pyridine rings is 1. The van der Waals surface area contributed by atoms with E-state index in [1.165, 1.54) is 14.1 Å². The van der Waals surface area contributed by atoms with Gasteiger partial charge >= 0.3 is 11.7 Å². The van der Waals surface area contributed by atoms with E-state index in [2.05, 4.69) is 31.6 Å². The van der Waals surface area contributed by atoms with E-state index in [-0.39, 0.29) is 41.1 Å². The number of halogens is 3. The zero-order valence-corrected chi connectivity index (χ0v) is 32.0. The topological polar surface area (TPSA) is 160 Å². The maximum absolute atomic E-state index is 14.0. The molecule has 1 spiro atoms. The van der Waals surface area contributed by atoms with Gasteiger partial charge in [-0.15, -0.1) is 0 Å². The second kappa shape index (κ2) is 14.2. The number of fused-ring (bicyclic) bond motifs is 2. The molecule has 3 aliphatic rings. The number of aromatic nitrogens is 5. The number of aryl methyl sites for hydroxylation is 2. The Kier molecular flexibility index (Phi) is 9.53. The predicted molar refractivity (Wildman–Crippen MR) is 207 cm³/mol. The van der Waals surface area contributed by atoms with Crippen LogP contribution >= 0.6 is 11.6 Å². The number of benzene rings is 2. The highest BCUT2D eigenvalue weighted by atomic mass is 35.5. The van der Waals surface area contributed by atoms with Crippen LogP contribution in [0.5, 0.6) is 5.88 Å². The minimum atomic E-state index is -3.05. The number of urea groups is 1. The molecule has 2 aliphatic heterocycles. The molecule has 5 aromatic rings. The number of ether oxygens (including phenoxy) is 1. The number of nitrogens with one attached hydrogen (secondary N) is 2. The van der Waals surface area contributed by atoms with Crippen molar-refractivity contribution < 1.29 is 23.4 Å². The average Bonchev–Trinajstić information content (AvgIpc) is 3.89. The van der Waals surface area contributed by atoms with Gasteiger partial charge in [0.15, 0.2) is 11.5 Å². The van der Waals surface area contributed by atoms with Crippen molar-refractivity contribution in [1.29, 1.82) is 0 Å². The highest BCUT2D eigenvalue weighted by molar-refractivity contribution is 6.36. The lowest BCUT2D eigenvalue weighted by Gasteiger charge is -2.28. The molecule has 17 heteroatoms. The molecule has 14 nitrogen and oxygen atoms in total. The third-order valence-corrected chi connectivity index (χ3v) is 11.7. The summed E-state index contributed by atoms with van der Waals surface area (Å²) in [5, 5.41) is 16.0. The summed E-state index contributed by atoms with van der Waals surface area (Å²) in [4.78, 5) is 55.4. The molecule has 2 atom stereocenters. The van der Waals surface area contributed by atoms with E-state index in [1.807, 2.05) is 31.2 Å². The van der Waals surface area contributed by atoms with Crippen LogP contribution in [0.15, 0.2) is 52.1 Å². The number of β-amino-alcohol motifs (C(OH)–C–C–N with tert-alkyl or cyclic N) is 1. The number of methoxy groups -OCH3 is 1. The number of amides is 2. The van der Waals surface area contributed by atoms with Gasteiger partial charge in [0, 0.05) is 68.7 Å². The zero-order chi connectivity index (χ0) is 39.6. The predicted octanol–water partition coefficient (Wildman–Crippen LogP) is 4.86. The van der Waals surface area contributed by atoms with Crippen molar-refractivity contribution in [3.63, 3.8) is 0 Å². The molecule has 292 valence electrons. The van der Waals surface area contributed by atoms with Crippen LogP contribution in [0, 0.1) is 6.92 Å². The standard InChI is InChI=1S/C39H40ClF2N9O5/c1-20-22(7-6-10-25(20)43-32-29-34(46-33(45-32)31(41)42)48(2)38(55)49(3)36(29)53)23-8-5-9-24(30(23)40)26-17-21-11-12-27(28(21)35(44-26)56-4)50-14-13-39(18-50)19-51(15-16-52)37(54)47-39/h5-10,17,27,31,52H,11-16,18-19H2,1-4H3,(H,47,54)(H,43,45,46)/t27-,39-/m1/s1. The van der Waals surface area contributed by atoms with Gasteiger partial charge in [-0.3, -0.25) is 18.8 Å². The minimum absolute atomic E-state index is 0.0678. The Morgan fingerprint density at radius 1 is 1.05 bits per heavy atom. The molecule has 5 heterocycles. The number of carbonyl (C=O) groups excluding carboxylic acids is 1. The fourth-order valence-electron chi connectivity index (χ4n) is 8.52. The number of aliphatic hydroxyl groups is 1. The van der Waals surface area contributed by atoms with Gasteiger partial charge in [-0.2, -0.15) is 0 Å². The van der Waals surface area contributed by atoms with Gasteiger partial charge in [0.1, 0.15) is 11.2 Å². The molecule has 1 aliphatic carbocycles. The number of anilines is 2. The molecular formula is C39H40ClF2N9O5. The summed E-state index contributed by atoms with van der Waals surface area (Å²) in [6.45, 7) is 4.13. The van der Waals surface area contributed by atoms with E-state index in [1.54, 1.807) is 24.1 Å². The fraction of sp³-hybridized carbons (Fsp3) is 0.385. The summed E-state index contributed by atoms with van der Waals surface area (Å²) < 4.78 is 35.7. The van der Waals surface area contributed by atoms with Gasteiger partial charge in [-0.1, -0.05) is 41.9 Å². The Morgan fingerprint density at radius 2 is 1.80 bits per heavy atom. The molecule has 2 saturated heterocycles. The van der Waals surface area contributed by atoms with Crippen molar-refractivity contribution in [2.24, 2.45) is 14.1 Å². The molecule has 0 radical (unpaired) electrons. The molecule has 0 unspecified atom stereocenters. The summed E-state index contributed by atoms with van der Waals surface area (Å²) >= 11 is 7.22. The summed E-state index contributed by atoms with van der Waals surface area (Å²) in [6.07, 6.45) is -0.560. The van der Waals surface area contributed by atoms with Crippen LogP contribution in [-0.4, -0.2) is 90.5 Å². The molecule has 2 amide bonds. The van der Waals surface area contributed by atoms with Crippen molar-refractivity contribution >= 4 is 40.2 Å². The van der Waals surface area contributed by atoms with Crippen molar-refractivity contribution in [3.05, 3.63) is 90.8 Å². The molecule has 0 bridgehead atoms. The Balaban J connectivity index is 1.12. The monoisotopic (exact) mass is 787 g/mol. The number of carbonyl (C=O) groups is 1. The normalized spacial score (nSPS) is 19.4. The van der Waals surface area contributed by atoms with Gasteiger partial charge in [0.2, 0.25) is 5.88 Å². The van der Waals surface area contributed by atoms with Gasteiger partial charge in [0.25, 0.3) is 12.0 Å². The maximum atomic E-state index is 14.0. The van der Waals surface area contributed by atoms with Gasteiger partial charge < -0.3 is 25.4 Å². The summed E-state index contributed by atoms with van der Waals surface area (Å²) in [6, 6.07) is 13.0. The van der Waals surface area contributed by atoms with Crippen LogP contribution in [0.1, 0.15) is 47.8 Å². The molecule has 2 fully saturated rings. The average molecular weight is 788 g/mol. The van der Waals surface area contributed by atoms with E-state index in [0.717, 1.165) is 51.6 Å². The van der Waals surface area contributed by atoms with Crippen molar-refractivity contribution in [1.82, 2.24) is 39.2 Å². The molecule has 2 aromatic carbocycles. The third-order valence-electron chi connectivity index (χ3n) is 11.3. The first-order valence-electron chi connectivity index (χ1n) is 18.3. The third kappa shape index (κ3) is 6.15. The van der Waals surface area contributed by atoms with Crippen LogP contribution in [-0.2, 0) is 20.5 Å². The molecule has 3 aromatic heterocycles. The van der Waals surface area contributed by atoms with Crippen LogP contribution in [0.2, 0.25) is 5.02 Å². The fourth-order valence-corrected chi connectivity index (χ4v) is 8.84. The number of aliphatic hydroxyl groups excluding tert-OH is 1. The van der Waals surface area contributed by atoms with E-state index in [9.17, 15) is 28.3 Å². The molecule has 0 saturated carbocycles. The van der Waals surface area contributed by atoms with E-state index >= 15 is 0 Å². The molecule has 8 rings (SSSR count). The number of rotatable bonds is 9. The number of hydrogen-bond acceptors (Lipinski definition) is 10. The van der Waals surface area contributed by atoms with Crippen LogP contribution in [0.4, 0.5) is 25.1 Å². The summed E-state index contributed by atoms with van der Waals surface area (Å²) in [5.74, 6) is -0.463. The van der Waals surface area contributed by atoms with Gasteiger partial charge in [-0.25, -0.2) is 33.3 Å². The lowest BCUT2D eigenvalue weighted by atomic mass is 9.96. The molecule has 56 heavy (non-hydrogen) atoms. The van der Waals surface area contributed by atoms with Gasteiger partial charge in [0.05, 0.1) is 30.0 Å². The Labute approximate surface area is 324 Å². The summed E-state index contributed by atoms with van der Waals surface area (Å²) in [5.41, 5.74) is 4.09. The van der Waals surface area contributed by atoms with Crippen molar-refractivity contribution in [2.75, 3.05) is 45.2 Å². The van der Waals surface area contributed by atoms with Gasteiger partial charge in [-0.05, 0) is 55.0 Å². The number of alkyl halides is 2. The highest BCUT2D eigenvalue weighted by Gasteiger charge is 2.49. The van der Waals surface area contributed by atoms with E-state index in [0.29, 0.717) is 58.6 Å². The SMILES string of the molecule is COc1nc(-c2cccc(-c3cccc(Nc4nc(C(F)F)nc5c4c(=O)n(C)c(=O)n5C)c3C)c2Cl)cc2c1[C@H](N1CC[C@]3(CN(CCO)C(=O)N3)C1)CC2. The number of likely N-dealkylation sites (tertiary alicyclic amines) is 1. The lowest BCUT2D eigenvalue weighted by Crippen LogP contribution is -2.46. The van der Waals surface area contributed by atoms with Crippen LogP contribution in [0.25, 0.3) is 33.4 Å². The first-order chi connectivity index (χ1) is 26.8. The van der Waals surface area contributed by atoms with Crippen molar-refractivity contribution in [3.8, 4) is 28.3 Å². The smallest absolute Gasteiger partial charge is 0.332 e. The first kappa shape index (κ1) is 37.5. The van der Waals surface area contributed by atoms with E-state index < -0.39 is 23.5 Å². The quantitative estimate of drug-likeness (QED) is 0.189. The Morgan fingerprint density at radius 3 is 2.55 bits per heavy atom. The number of hydrogen-bond donors (Lipinski definition) is 3. The highest BCUT2D eigenvalue weighted by Crippen LogP contribution is 2.46. The van der Waals surface area contributed by atoms with Crippen LogP contribution < -0.4 is 26.6 Å². The Hall–Kier alpha value is -5.45. The Bertz CT molecular complexity index is 2550. The van der Waals surface area contributed by atoms with Crippen LogP contribution in [0.3, 0.4) is 0 Å². The lowest BCUT2D eigenvalue weighted by molar-refractivity contribution is 0.141. The zero-order valence-electron chi connectivity index (χ0n) is 31.2. The van der Waals surface area contributed by atoms with E-state index in [4.69, 9.17) is 21.3 Å². The second-order valence-corrected chi connectivity index (χ2v) is 15.0. The largest absolute Gasteiger partial charge is 0.481 e. The molecule has 3 N–H and O–H groups in total. The second-order valence-electron chi connectivity index (χ2n) is 14.6. The van der Waals surface area contributed by atoms with Crippen molar-refractivity contribution in [2.45, 2.75) is 44.2 Å². The minimum Gasteiger partial charge on any atom is -0.481 e. The molecular weight excluding hydrogens is 748 g/mol. The number of nitrogens with zero attached hydrogens (tertiary/aromatic N) is 7.